The summed E-state index contributed by atoms with van der Waals surface area (Å²) in [5.74, 6) is 1.49. The van der Waals surface area contributed by atoms with Crippen LogP contribution in [0.15, 0.2) is 35.4 Å². The maximum absolute atomic E-state index is 11.9. The highest BCUT2D eigenvalue weighted by atomic mass is 16.5. The smallest absolute Gasteiger partial charge is 0.256 e. The molecule has 3 rings (SSSR count). The van der Waals surface area contributed by atoms with Gasteiger partial charge in [0.1, 0.15) is 11.6 Å². The summed E-state index contributed by atoms with van der Waals surface area (Å²) < 4.78 is 5.21. The molecule has 0 fully saturated rings. The third kappa shape index (κ3) is 1.64. The normalized spacial score (nSPS) is 17.1. The largest absolute Gasteiger partial charge is 0.497 e. The number of aromatic amines is 1. The lowest BCUT2D eigenvalue weighted by Gasteiger charge is -2.10. The molecule has 92 valence electrons. The molecule has 2 heterocycles. The zero-order valence-corrected chi connectivity index (χ0v) is 9.93. The fourth-order valence-corrected chi connectivity index (χ4v) is 2.32. The molecule has 1 aliphatic rings. The van der Waals surface area contributed by atoms with Gasteiger partial charge in [0, 0.05) is 12.5 Å². The van der Waals surface area contributed by atoms with E-state index in [1.54, 1.807) is 7.11 Å². The lowest BCUT2D eigenvalue weighted by molar-refractivity contribution is 0.414. The molecule has 0 aliphatic carbocycles. The summed E-state index contributed by atoms with van der Waals surface area (Å²) in [6.07, 6.45) is 1.42. The molecule has 1 aromatic carbocycles. The Morgan fingerprint density at radius 1 is 1.44 bits per heavy atom. The molecule has 2 N–H and O–H groups in total. The molecule has 2 aromatic rings. The number of nitrogens with zero attached hydrogens (tertiary/aromatic N) is 1. The number of fused-ring (bicyclic) bond motifs is 1. The van der Waals surface area contributed by atoms with Crippen LogP contribution in [0.1, 0.15) is 17.0 Å². The van der Waals surface area contributed by atoms with Crippen LogP contribution in [0, 0.1) is 0 Å². The number of rotatable bonds is 2. The fourth-order valence-electron chi connectivity index (χ4n) is 2.32. The van der Waals surface area contributed by atoms with Crippen LogP contribution >= 0.6 is 0 Å². The summed E-state index contributed by atoms with van der Waals surface area (Å²) in [4.78, 5) is 18.6. The number of methoxy groups -OCH3 is 1. The molecule has 0 amide bonds. The molecule has 1 aliphatic heterocycles. The Balaban J connectivity index is 2.08. The third-order valence-corrected chi connectivity index (χ3v) is 3.21. The minimum Gasteiger partial charge on any atom is -0.497 e. The van der Waals surface area contributed by atoms with Crippen LogP contribution < -0.4 is 15.6 Å². The van der Waals surface area contributed by atoms with Gasteiger partial charge in [-0.25, -0.2) is 4.98 Å². The highest BCUT2D eigenvalue weighted by molar-refractivity contribution is 5.55. The molecular formula is C13H13N3O2. The number of ether oxygens (including phenoxy) is 1. The summed E-state index contributed by atoms with van der Waals surface area (Å²) in [5.41, 5.74) is 1.67. The summed E-state index contributed by atoms with van der Waals surface area (Å²) in [6, 6.07) is 7.77. The lowest BCUT2D eigenvalue weighted by Crippen LogP contribution is -2.15. The van der Waals surface area contributed by atoms with Crippen molar-refractivity contribution in [3.8, 4) is 5.75 Å². The van der Waals surface area contributed by atoms with Crippen molar-refractivity contribution in [2.75, 3.05) is 19.0 Å². The van der Waals surface area contributed by atoms with Gasteiger partial charge < -0.3 is 15.0 Å². The first-order valence-corrected chi connectivity index (χ1v) is 5.75. The Bertz CT molecular complexity index is 636. The van der Waals surface area contributed by atoms with Crippen molar-refractivity contribution in [2.45, 2.75) is 5.92 Å². The Kier molecular flexibility index (Phi) is 2.51. The SMILES string of the molecule is COc1cccc(C2CNc3nc[nH]c(=O)c32)c1. The molecule has 0 saturated carbocycles. The molecule has 1 atom stereocenters. The van der Waals surface area contributed by atoms with E-state index in [-0.39, 0.29) is 11.5 Å². The van der Waals surface area contributed by atoms with Gasteiger partial charge in [0.25, 0.3) is 5.56 Å². The van der Waals surface area contributed by atoms with Crippen molar-refractivity contribution in [2.24, 2.45) is 0 Å². The van der Waals surface area contributed by atoms with E-state index in [9.17, 15) is 4.79 Å². The molecule has 0 saturated heterocycles. The first-order valence-electron chi connectivity index (χ1n) is 5.75. The van der Waals surface area contributed by atoms with Crippen molar-refractivity contribution in [1.82, 2.24) is 9.97 Å². The van der Waals surface area contributed by atoms with Crippen LogP contribution in [0.5, 0.6) is 5.75 Å². The second-order valence-corrected chi connectivity index (χ2v) is 4.20. The number of nitrogens with one attached hydrogen (secondary N) is 2. The minimum absolute atomic E-state index is 0.0209. The minimum atomic E-state index is -0.0854. The molecule has 1 unspecified atom stereocenters. The topological polar surface area (TPSA) is 67.0 Å². The van der Waals surface area contributed by atoms with E-state index >= 15 is 0 Å². The molecule has 18 heavy (non-hydrogen) atoms. The zero-order valence-electron chi connectivity index (χ0n) is 9.93. The average molecular weight is 243 g/mol. The summed E-state index contributed by atoms with van der Waals surface area (Å²) in [7, 11) is 1.63. The summed E-state index contributed by atoms with van der Waals surface area (Å²) in [5, 5.41) is 3.16. The van der Waals surface area contributed by atoms with Gasteiger partial charge in [-0.1, -0.05) is 12.1 Å². The highest BCUT2D eigenvalue weighted by Crippen LogP contribution is 2.33. The van der Waals surface area contributed by atoms with Gasteiger partial charge in [0.2, 0.25) is 0 Å². The van der Waals surface area contributed by atoms with Gasteiger partial charge >= 0.3 is 0 Å². The van der Waals surface area contributed by atoms with Crippen LogP contribution in [0.25, 0.3) is 0 Å². The van der Waals surface area contributed by atoms with Crippen molar-refractivity contribution in [3.05, 3.63) is 52.1 Å². The second kappa shape index (κ2) is 4.18. The quantitative estimate of drug-likeness (QED) is 0.835. The van der Waals surface area contributed by atoms with Crippen molar-refractivity contribution < 1.29 is 4.74 Å². The van der Waals surface area contributed by atoms with Crippen molar-refractivity contribution in [1.29, 1.82) is 0 Å². The van der Waals surface area contributed by atoms with Gasteiger partial charge in [-0.3, -0.25) is 4.79 Å². The van der Waals surface area contributed by atoms with E-state index in [1.165, 1.54) is 6.33 Å². The first-order chi connectivity index (χ1) is 8.79. The third-order valence-electron chi connectivity index (χ3n) is 3.21. The number of benzene rings is 1. The Morgan fingerprint density at radius 2 is 2.33 bits per heavy atom. The molecule has 0 radical (unpaired) electrons. The Morgan fingerprint density at radius 3 is 3.17 bits per heavy atom. The molecular weight excluding hydrogens is 230 g/mol. The van der Waals surface area contributed by atoms with Crippen molar-refractivity contribution in [3.63, 3.8) is 0 Å². The van der Waals surface area contributed by atoms with Crippen LogP contribution in [0.4, 0.5) is 5.82 Å². The van der Waals surface area contributed by atoms with Crippen LogP contribution in [-0.2, 0) is 0 Å². The molecule has 0 bridgehead atoms. The van der Waals surface area contributed by atoms with Gasteiger partial charge in [-0.05, 0) is 17.7 Å². The summed E-state index contributed by atoms with van der Waals surface area (Å²) >= 11 is 0. The van der Waals surface area contributed by atoms with Gasteiger partial charge in [0.05, 0.1) is 19.0 Å². The van der Waals surface area contributed by atoms with Gasteiger partial charge in [-0.15, -0.1) is 0 Å². The van der Waals surface area contributed by atoms with E-state index in [0.717, 1.165) is 11.3 Å². The van der Waals surface area contributed by atoms with E-state index in [2.05, 4.69) is 15.3 Å². The van der Waals surface area contributed by atoms with E-state index < -0.39 is 0 Å². The Labute approximate surface area is 104 Å². The predicted molar refractivity (Wildman–Crippen MR) is 68.2 cm³/mol. The standard InChI is InChI=1S/C13H13N3O2/c1-18-9-4-2-3-8(5-9)10-6-14-12-11(10)13(17)16-7-15-12/h2-5,7,10H,6H2,1H3,(H2,14,15,16,17). The maximum Gasteiger partial charge on any atom is 0.256 e. The fraction of sp³-hybridized carbons (Fsp3) is 0.231. The number of H-pyrrole nitrogens is 1. The van der Waals surface area contributed by atoms with E-state index in [1.807, 2.05) is 24.3 Å². The first kappa shape index (κ1) is 10.8. The number of hydrogen-bond donors (Lipinski definition) is 2. The second-order valence-electron chi connectivity index (χ2n) is 4.20. The molecule has 5 nitrogen and oxygen atoms in total. The maximum atomic E-state index is 11.9. The summed E-state index contributed by atoms with van der Waals surface area (Å²) in [6.45, 7) is 0.683. The molecule has 1 aromatic heterocycles. The highest BCUT2D eigenvalue weighted by Gasteiger charge is 2.27. The monoisotopic (exact) mass is 243 g/mol. The molecule has 5 heteroatoms. The van der Waals surface area contributed by atoms with Gasteiger partial charge in [0.15, 0.2) is 0 Å². The average Bonchev–Trinajstić information content (AvgIpc) is 2.84. The number of hydrogen-bond acceptors (Lipinski definition) is 4. The van der Waals surface area contributed by atoms with E-state index in [4.69, 9.17) is 4.74 Å². The molecule has 0 spiro atoms. The van der Waals surface area contributed by atoms with Crippen LogP contribution in [0.2, 0.25) is 0 Å². The predicted octanol–water partition coefficient (Wildman–Crippen LogP) is 1.34. The number of anilines is 1. The van der Waals surface area contributed by atoms with Crippen molar-refractivity contribution >= 4 is 5.82 Å². The van der Waals surface area contributed by atoms with Crippen LogP contribution in [0.3, 0.4) is 0 Å². The van der Waals surface area contributed by atoms with Gasteiger partial charge in [-0.2, -0.15) is 0 Å². The van der Waals surface area contributed by atoms with E-state index in [0.29, 0.717) is 17.9 Å². The van der Waals surface area contributed by atoms with Crippen LogP contribution in [-0.4, -0.2) is 23.6 Å². The lowest BCUT2D eigenvalue weighted by atomic mass is 9.95. The Hall–Kier alpha value is -2.30. The zero-order chi connectivity index (χ0) is 12.5. The number of aromatic nitrogens is 2.